The Hall–Kier alpha value is -2.51. The van der Waals surface area contributed by atoms with E-state index in [9.17, 15) is 25.0 Å². The maximum absolute atomic E-state index is 10.9. The fourth-order valence-corrected chi connectivity index (χ4v) is 0.921. The van der Waals surface area contributed by atoms with Crippen LogP contribution in [0.15, 0.2) is 30.3 Å². The molecule has 1 aromatic carbocycles. The number of carbonyl (C=O) groups excluding carboxylic acids is 1. The van der Waals surface area contributed by atoms with E-state index in [0.29, 0.717) is 0 Å². The van der Waals surface area contributed by atoms with E-state index in [0.717, 1.165) is 0 Å². The van der Waals surface area contributed by atoms with Crippen LogP contribution >= 0.6 is 0 Å². The summed E-state index contributed by atoms with van der Waals surface area (Å²) in [6.07, 6.45) is 0. The van der Waals surface area contributed by atoms with Crippen LogP contribution < -0.4 is 5.01 Å². The predicted molar refractivity (Wildman–Crippen MR) is 48.3 cm³/mol. The Morgan fingerprint density at radius 1 is 1.13 bits per heavy atom. The van der Waals surface area contributed by atoms with Crippen LogP contribution in [0.3, 0.4) is 0 Å². The summed E-state index contributed by atoms with van der Waals surface area (Å²) >= 11 is 0. The molecule has 0 aliphatic heterocycles. The van der Waals surface area contributed by atoms with Gasteiger partial charge in [-0.25, -0.2) is 10.1 Å². The maximum Gasteiger partial charge on any atom is 0.604 e. The summed E-state index contributed by atoms with van der Waals surface area (Å²) in [5, 5.41) is 19.3. The van der Waals surface area contributed by atoms with Crippen molar-refractivity contribution in [2.24, 2.45) is 0 Å². The smallest absolute Gasteiger partial charge is 0.355 e. The molecule has 8 heteroatoms. The van der Waals surface area contributed by atoms with Gasteiger partial charge in [0, 0.05) is 4.92 Å². The number of hydrogen-bond donors (Lipinski definition) is 0. The molecule has 0 saturated carbocycles. The molecule has 0 heterocycles. The van der Waals surface area contributed by atoms with E-state index in [2.05, 4.69) is 0 Å². The second-order valence-electron chi connectivity index (χ2n) is 2.42. The monoisotopic (exact) mass is 211 g/mol. The Labute approximate surface area is 83.0 Å². The Balaban J connectivity index is 3.10. The highest BCUT2D eigenvalue weighted by Crippen LogP contribution is 2.13. The third-order valence-electron chi connectivity index (χ3n) is 1.50. The van der Waals surface area contributed by atoms with E-state index < -0.39 is 16.0 Å². The van der Waals surface area contributed by atoms with Gasteiger partial charge in [0.15, 0.2) is 0 Å². The van der Waals surface area contributed by atoms with Gasteiger partial charge in [-0.1, -0.05) is 18.2 Å². The van der Waals surface area contributed by atoms with Gasteiger partial charge in [-0.2, -0.15) is 4.79 Å². The summed E-state index contributed by atoms with van der Waals surface area (Å²) in [5.41, 5.74) is -0.163. The van der Waals surface area contributed by atoms with Crippen LogP contribution in [0.1, 0.15) is 0 Å². The molecule has 0 aliphatic carbocycles. The van der Waals surface area contributed by atoms with Crippen molar-refractivity contribution >= 4 is 11.7 Å². The van der Waals surface area contributed by atoms with E-state index in [-0.39, 0.29) is 10.7 Å². The Morgan fingerprint density at radius 2 is 1.67 bits per heavy atom. The largest absolute Gasteiger partial charge is 0.604 e. The molecule has 0 unspecified atom stereocenters. The first kappa shape index (κ1) is 10.6. The first-order valence-electron chi connectivity index (χ1n) is 3.72. The molecule has 0 aliphatic rings. The maximum atomic E-state index is 10.9. The molecule has 0 N–H and O–H groups in total. The molecule has 0 aromatic heterocycles. The number of rotatable bonds is 2. The lowest BCUT2D eigenvalue weighted by atomic mass is 10.3. The molecule has 78 valence electrons. The summed E-state index contributed by atoms with van der Waals surface area (Å²) in [5.74, 6) is 0. The molecule has 0 saturated heterocycles. The summed E-state index contributed by atoms with van der Waals surface area (Å²) in [6, 6.07) is 5.08. The van der Waals surface area contributed by atoms with Crippen molar-refractivity contribution in [1.82, 2.24) is 0 Å². The quantitative estimate of drug-likeness (QED) is 0.537. The number of hydrogen-bond acceptors (Lipinski definition) is 5. The number of benzene rings is 1. The van der Waals surface area contributed by atoms with Gasteiger partial charge in [0.1, 0.15) is 5.01 Å². The number of carbonyl (C=O) groups is 1. The fourth-order valence-electron chi connectivity index (χ4n) is 0.921. The molecular formula is C7H5N3O5. The first-order chi connectivity index (χ1) is 7.04. The van der Waals surface area contributed by atoms with Crippen LogP contribution in [0.25, 0.3) is 0 Å². The molecule has 2 amide bonds. The van der Waals surface area contributed by atoms with Crippen molar-refractivity contribution in [3.05, 3.63) is 50.6 Å². The van der Waals surface area contributed by atoms with Gasteiger partial charge in [0.2, 0.25) is 5.69 Å². The summed E-state index contributed by atoms with van der Waals surface area (Å²) in [7, 11) is 0. The summed E-state index contributed by atoms with van der Waals surface area (Å²) in [4.78, 5) is 30.1. The Bertz CT molecular complexity index is 404. The lowest BCUT2D eigenvalue weighted by Crippen LogP contribution is -2.39. The SMILES string of the molecule is O=C(N(c1ccccc1)[N+](=O)[O-])[N+](=O)[O-]. The minimum absolute atomic E-state index is 0.125. The molecule has 0 radical (unpaired) electrons. The van der Waals surface area contributed by atoms with Gasteiger partial charge in [0.05, 0.1) is 0 Å². The predicted octanol–water partition coefficient (Wildman–Crippen LogP) is 1.08. The van der Waals surface area contributed by atoms with Crippen LogP contribution in [0.5, 0.6) is 0 Å². The third kappa shape index (κ3) is 2.24. The highest BCUT2D eigenvalue weighted by Gasteiger charge is 2.39. The molecule has 1 aromatic rings. The van der Waals surface area contributed by atoms with Gasteiger partial charge < -0.3 is 10.1 Å². The second-order valence-corrected chi connectivity index (χ2v) is 2.42. The third-order valence-corrected chi connectivity index (χ3v) is 1.50. The van der Waals surface area contributed by atoms with Crippen molar-refractivity contribution in [1.29, 1.82) is 0 Å². The number of anilines is 1. The molecular weight excluding hydrogens is 206 g/mol. The van der Waals surface area contributed by atoms with E-state index in [4.69, 9.17) is 0 Å². The number of para-hydroxylation sites is 1. The topological polar surface area (TPSA) is 107 Å². The summed E-state index contributed by atoms with van der Waals surface area (Å²) in [6.45, 7) is 0. The zero-order valence-electron chi connectivity index (χ0n) is 7.27. The van der Waals surface area contributed by atoms with Gasteiger partial charge >= 0.3 is 6.03 Å². The zero-order valence-corrected chi connectivity index (χ0v) is 7.27. The average molecular weight is 211 g/mol. The van der Waals surface area contributed by atoms with Crippen molar-refractivity contribution < 1.29 is 14.8 Å². The van der Waals surface area contributed by atoms with Gasteiger partial charge in [-0.3, -0.25) is 0 Å². The standard InChI is InChI=1S/C7H5N3O5/c11-7(9(12)13)8(10(14)15)6-4-2-1-3-5-6/h1-5H. The molecule has 8 nitrogen and oxygen atoms in total. The van der Waals surface area contributed by atoms with Crippen LogP contribution in [-0.2, 0) is 0 Å². The second kappa shape index (κ2) is 4.13. The Morgan fingerprint density at radius 3 is 2.07 bits per heavy atom. The average Bonchev–Trinajstić information content (AvgIpc) is 2.18. The zero-order chi connectivity index (χ0) is 11.4. The van der Waals surface area contributed by atoms with Crippen LogP contribution in [0.2, 0.25) is 0 Å². The Kier molecular flexibility index (Phi) is 2.91. The number of nitro groups is 2. The molecule has 0 bridgehead atoms. The summed E-state index contributed by atoms with van der Waals surface area (Å²) < 4.78 is 0. The van der Waals surface area contributed by atoms with E-state index in [1.807, 2.05) is 0 Å². The van der Waals surface area contributed by atoms with Crippen molar-refractivity contribution in [2.75, 3.05) is 5.01 Å². The lowest BCUT2D eigenvalue weighted by molar-refractivity contribution is -0.504. The van der Waals surface area contributed by atoms with Crippen molar-refractivity contribution in [3.8, 4) is 0 Å². The number of urea groups is 1. The highest BCUT2D eigenvalue weighted by atomic mass is 16.7. The molecule has 0 fully saturated rings. The van der Waals surface area contributed by atoms with Crippen LogP contribution in [-0.4, -0.2) is 16.0 Å². The van der Waals surface area contributed by atoms with Crippen molar-refractivity contribution in [2.45, 2.75) is 0 Å². The minimum Gasteiger partial charge on any atom is -0.355 e. The normalized spacial score (nSPS) is 9.33. The van der Waals surface area contributed by atoms with Gasteiger partial charge in [0.25, 0.3) is 5.03 Å². The van der Waals surface area contributed by atoms with E-state index in [1.54, 1.807) is 6.07 Å². The van der Waals surface area contributed by atoms with Gasteiger partial charge in [-0.05, 0) is 12.1 Å². The molecule has 1 rings (SSSR count). The molecule has 15 heavy (non-hydrogen) atoms. The number of nitrogens with zero attached hydrogens (tertiary/aromatic N) is 3. The lowest BCUT2D eigenvalue weighted by Gasteiger charge is -2.01. The van der Waals surface area contributed by atoms with Crippen molar-refractivity contribution in [3.63, 3.8) is 0 Å². The van der Waals surface area contributed by atoms with E-state index >= 15 is 0 Å². The van der Waals surface area contributed by atoms with E-state index in [1.165, 1.54) is 24.3 Å². The fraction of sp³-hybridized carbons (Fsp3) is 0. The molecule has 0 atom stereocenters. The minimum atomic E-state index is -1.80. The van der Waals surface area contributed by atoms with Crippen LogP contribution in [0.4, 0.5) is 10.5 Å². The molecule has 0 spiro atoms. The number of hydrazine groups is 1. The highest BCUT2D eigenvalue weighted by molar-refractivity contribution is 5.83. The first-order valence-corrected chi connectivity index (χ1v) is 3.72. The number of amides is 2. The van der Waals surface area contributed by atoms with Gasteiger partial charge in [-0.15, -0.1) is 0 Å². The van der Waals surface area contributed by atoms with Crippen LogP contribution in [0, 0.1) is 20.2 Å².